The Bertz CT molecular complexity index is 1120. The van der Waals surface area contributed by atoms with Gasteiger partial charge in [-0.25, -0.2) is 0 Å². The lowest BCUT2D eigenvalue weighted by atomic mass is 9.96. The number of aryl methyl sites for hydroxylation is 2. The Balaban J connectivity index is 1.57. The van der Waals surface area contributed by atoms with Gasteiger partial charge in [-0.2, -0.15) is 0 Å². The van der Waals surface area contributed by atoms with E-state index in [9.17, 15) is 4.79 Å². The molecule has 0 saturated carbocycles. The van der Waals surface area contributed by atoms with Gasteiger partial charge in [-0.05, 0) is 74.6 Å². The second-order valence-corrected chi connectivity index (χ2v) is 7.99. The standard InChI is InChI=1S/C26H30N2O3/c1-5-30-24-13-19-11-12-28(16-20(19)14-25(24)31-6-2)26(29)15-22-17(3)21-9-7-8-10-23(21)27-18(22)4/h7-10,13-14H,5-6,11-12,15-16H2,1-4H3. The van der Waals surface area contributed by atoms with Gasteiger partial charge in [0.05, 0.1) is 25.2 Å². The van der Waals surface area contributed by atoms with E-state index in [4.69, 9.17) is 14.5 Å². The van der Waals surface area contributed by atoms with E-state index < -0.39 is 0 Å². The third kappa shape index (κ3) is 4.22. The first-order valence-corrected chi connectivity index (χ1v) is 11.1. The van der Waals surface area contributed by atoms with Crippen molar-refractivity contribution in [3.63, 3.8) is 0 Å². The summed E-state index contributed by atoms with van der Waals surface area (Å²) >= 11 is 0. The molecule has 2 aromatic carbocycles. The Morgan fingerprint density at radius 3 is 2.42 bits per heavy atom. The number of hydrogen-bond donors (Lipinski definition) is 0. The first kappa shape index (κ1) is 21.2. The number of aromatic nitrogens is 1. The number of nitrogens with zero attached hydrogens (tertiary/aromatic N) is 2. The molecule has 0 bridgehead atoms. The van der Waals surface area contributed by atoms with Crippen LogP contribution in [0.15, 0.2) is 36.4 Å². The zero-order valence-corrected chi connectivity index (χ0v) is 18.8. The Morgan fingerprint density at radius 1 is 1.03 bits per heavy atom. The van der Waals surface area contributed by atoms with Crippen molar-refractivity contribution in [2.24, 2.45) is 0 Å². The molecule has 5 heteroatoms. The van der Waals surface area contributed by atoms with Gasteiger partial charge >= 0.3 is 0 Å². The zero-order valence-electron chi connectivity index (χ0n) is 18.8. The van der Waals surface area contributed by atoms with Crippen LogP contribution in [0.3, 0.4) is 0 Å². The lowest BCUT2D eigenvalue weighted by molar-refractivity contribution is -0.131. The molecule has 1 aliphatic rings. The summed E-state index contributed by atoms with van der Waals surface area (Å²) in [6, 6.07) is 12.2. The van der Waals surface area contributed by atoms with Crippen molar-refractivity contribution < 1.29 is 14.3 Å². The van der Waals surface area contributed by atoms with Crippen molar-refractivity contribution in [1.29, 1.82) is 0 Å². The number of ether oxygens (including phenoxy) is 2. The minimum Gasteiger partial charge on any atom is -0.490 e. The van der Waals surface area contributed by atoms with Crippen LogP contribution in [0.1, 0.15) is 41.8 Å². The summed E-state index contributed by atoms with van der Waals surface area (Å²) in [5.74, 6) is 1.68. The first-order chi connectivity index (χ1) is 15.0. The van der Waals surface area contributed by atoms with E-state index in [1.54, 1.807) is 0 Å². The highest BCUT2D eigenvalue weighted by Gasteiger charge is 2.24. The molecular weight excluding hydrogens is 388 g/mol. The topological polar surface area (TPSA) is 51.7 Å². The van der Waals surface area contributed by atoms with E-state index >= 15 is 0 Å². The molecule has 3 aromatic rings. The highest BCUT2D eigenvalue weighted by Crippen LogP contribution is 2.34. The van der Waals surface area contributed by atoms with Gasteiger partial charge in [0.25, 0.3) is 0 Å². The molecule has 0 aliphatic carbocycles. The Hall–Kier alpha value is -3.08. The molecule has 4 rings (SSSR count). The quantitative estimate of drug-likeness (QED) is 0.578. The zero-order chi connectivity index (χ0) is 22.0. The number of benzene rings is 2. The molecule has 0 N–H and O–H groups in total. The average Bonchev–Trinajstić information content (AvgIpc) is 2.77. The number of hydrogen-bond acceptors (Lipinski definition) is 4. The molecule has 2 heterocycles. The van der Waals surface area contributed by atoms with Crippen molar-refractivity contribution >= 4 is 16.8 Å². The van der Waals surface area contributed by atoms with Crippen LogP contribution in [0, 0.1) is 13.8 Å². The minimum absolute atomic E-state index is 0.140. The maximum absolute atomic E-state index is 13.2. The van der Waals surface area contributed by atoms with Gasteiger partial charge in [-0.3, -0.25) is 9.78 Å². The van der Waals surface area contributed by atoms with Crippen LogP contribution in [-0.4, -0.2) is 35.5 Å². The minimum atomic E-state index is 0.140. The highest BCUT2D eigenvalue weighted by atomic mass is 16.5. The molecular formula is C26H30N2O3. The Morgan fingerprint density at radius 2 is 1.71 bits per heavy atom. The van der Waals surface area contributed by atoms with E-state index in [1.807, 2.05) is 49.9 Å². The van der Waals surface area contributed by atoms with Gasteiger partial charge in [0.2, 0.25) is 5.91 Å². The van der Waals surface area contributed by atoms with Crippen molar-refractivity contribution in [3.8, 4) is 11.5 Å². The molecule has 0 radical (unpaired) electrons. The van der Waals surface area contributed by atoms with Gasteiger partial charge in [0.1, 0.15) is 0 Å². The third-order valence-electron chi connectivity index (χ3n) is 6.04. The Labute approximate surface area is 184 Å². The van der Waals surface area contributed by atoms with Crippen LogP contribution >= 0.6 is 0 Å². The number of pyridine rings is 1. The largest absolute Gasteiger partial charge is 0.490 e. The van der Waals surface area contributed by atoms with Gasteiger partial charge in [0.15, 0.2) is 11.5 Å². The third-order valence-corrected chi connectivity index (χ3v) is 6.04. The predicted octanol–water partition coefficient (Wildman–Crippen LogP) is 4.78. The molecule has 5 nitrogen and oxygen atoms in total. The molecule has 0 spiro atoms. The van der Waals surface area contributed by atoms with Crippen LogP contribution in [0.25, 0.3) is 10.9 Å². The van der Waals surface area contributed by atoms with E-state index in [0.717, 1.165) is 51.2 Å². The summed E-state index contributed by atoms with van der Waals surface area (Å²) < 4.78 is 11.5. The fraction of sp³-hybridized carbons (Fsp3) is 0.385. The second-order valence-electron chi connectivity index (χ2n) is 7.99. The number of para-hydroxylation sites is 1. The van der Waals surface area contributed by atoms with Crippen molar-refractivity contribution in [3.05, 3.63) is 64.3 Å². The molecule has 1 amide bonds. The van der Waals surface area contributed by atoms with Crippen LogP contribution < -0.4 is 9.47 Å². The maximum Gasteiger partial charge on any atom is 0.227 e. The molecule has 1 aromatic heterocycles. The van der Waals surface area contributed by atoms with Crippen molar-refractivity contribution in [2.45, 2.75) is 47.1 Å². The fourth-order valence-corrected chi connectivity index (χ4v) is 4.41. The van der Waals surface area contributed by atoms with Crippen LogP contribution in [-0.2, 0) is 24.2 Å². The molecule has 0 unspecified atom stereocenters. The Kier molecular flexibility index (Phi) is 6.12. The molecule has 0 fully saturated rings. The molecule has 0 saturated heterocycles. The number of amides is 1. The van der Waals surface area contributed by atoms with E-state index in [0.29, 0.717) is 32.7 Å². The fourth-order valence-electron chi connectivity index (χ4n) is 4.41. The number of carbonyl (C=O) groups excluding carboxylic acids is 1. The van der Waals surface area contributed by atoms with Gasteiger partial charge < -0.3 is 14.4 Å². The summed E-state index contributed by atoms with van der Waals surface area (Å²) in [6.45, 7) is 10.5. The number of carbonyl (C=O) groups is 1. The van der Waals surface area contributed by atoms with E-state index in [-0.39, 0.29) is 5.91 Å². The van der Waals surface area contributed by atoms with E-state index in [2.05, 4.69) is 19.1 Å². The highest BCUT2D eigenvalue weighted by molar-refractivity contribution is 5.86. The molecule has 0 atom stereocenters. The average molecular weight is 419 g/mol. The van der Waals surface area contributed by atoms with Gasteiger partial charge in [0, 0.05) is 24.2 Å². The van der Waals surface area contributed by atoms with Crippen LogP contribution in [0.4, 0.5) is 0 Å². The van der Waals surface area contributed by atoms with Gasteiger partial charge in [-0.1, -0.05) is 18.2 Å². The first-order valence-electron chi connectivity index (χ1n) is 11.1. The lowest BCUT2D eigenvalue weighted by Crippen LogP contribution is -2.37. The maximum atomic E-state index is 13.2. The molecule has 162 valence electrons. The normalized spacial score (nSPS) is 13.2. The predicted molar refractivity (Wildman–Crippen MR) is 123 cm³/mol. The summed E-state index contributed by atoms with van der Waals surface area (Å²) in [4.78, 5) is 19.9. The molecule has 31 heavy (non-hydrogen) atoms. The van der Waals surface area contributed by atoms with Crippen molar-refractivity contribution in [2.75, 3.05) is 19.8 Å². The molecule has 1 aliphatic heterocycles. The number of rotatable bonds is 6. The summed E-state index contributed by atoms with van der Waals surface area (Å²) in [6.07, 6.45) is 1.20. The van der Waals surface area contributed by atoms with Gasteiger partial charge in [-0.15, -0.1) is 0 Å². The van der Waals surface area contributed by atoms with E-state index in [1.165, 1.54) is 5.56 Å². The smallest absolute Gasteiger partial charge is 0.227 e. The van der Waals surface area contributed by atoms with Crippen LogP contribution in [0.2, 0.25) is 0 Å². The number of fused-ring (bicyclic) bond motifs is 2. The lowest BCUT2D eigenvalue weighted by Gasteiger charge is -2.30. The van der Waals surface area contributed by atoms with Crippen LogP contribution in [0.5, 0.6) is 11.5 Å². The SMILES string of the molecule is CCOc1cc2c(cc1OCC)CN(C(=O)Cc1c(C)nc3ccccc3c1C)CC2. The second kappa shape index (κ2) is 8.96. The summed E-state index contributed by atoms with van der Waals surface area (Å²) in [5.41, 5.74) is 6.47. The summed E-state index contributed by atoms with van der Waals surface area (Å²) in [7, 11) is 0. The monoisotopic (exact) mass is 418 g/mol. The summed E-state index contributed by atoms with van der Waals surface area (Å²) in [5, 5.41) is 1.12. The van der Waals surface area contributed by atoms with Crippen molar-refractivity contribution in [1.82, 2.24) is 9.88 Å².